The van der Waals surface area contributed by atoms with E-state index >= 15 is 0 Å². The van der Waals surface area contributed by atoms with Gasteiger partial charge in [-0.25, -0.2) is 0 Å². The van der Waals surface area contributed by atoms with Crippen LogP contribution in [-0.4, -0.2) is 41.1 Å². The molecule has 5 nitrogen and oxygen atoms in total. The van der Waals surface area contributed by atoms with E-state index in [1.54, 1.807) is 31.4 Å². The number of ether oxygens (including phenoxy) is 1. The number of aliphatic hydroxyl groups excluding tert-OH is 1. The molecule has 0 aromatic heterocycles. The highest BCUT2D eigenvalue weighted by Gasteiger charge is 2.46. The van der Waals surface area contributed by atoms with Crippen molar-refractivity contribution >= 4 is 11.8 Å². The largest absolute Gasteiger partial charge is 0.497 e. The van der Waals surface area contributed by atoms with Gasteiger partial charge in [0, 0.05) is 23.9 Å². The quantitative estimate of drug-likeness (QED) is 0.840. The highest BCUT2D eigenvalue weighted by atomic mass is 16.5. The highest BCUT2D eigenvalue weighted by Crippen LogP contribution is 2.38. The van der Waals surface area contributed by atoms with E-state index in [-0.39, 0.29) is 23.8 Å². The fourth-order valence-electron chi connectivity index (χ4n) is 3.46. The van der Waals surface area contributed by atoms with Gasteiger partial charge >= 0.3 is 0 Å². The lowest BCUT2D eigenvalue weighted by Crippen LogP contribution is -2.51. The molecule has 112 valence electrons. The molecular formula is C16H19NO4. The number of likely N-dealkylation sites (tertiary alicyclic amines) is 1. The van der Waals surface area contributed by atoms with Crippen LogP contribution in [0, 0.1) is 5.92 Å². The zero-order valence-electron chi connectivity index (χ0n) is 12.0. The third-order valence-corrected chi connectivity index (χ3v) is 4.59. The van der Waals surface area contributed by atoms with Crippen molar-refractivity contribution in [3.05, 3.63) is 29.8 Å². The maximum atomic E-state index is 12.6. The van der Waals surface area contributed by atoms with Crippen LogP contribution in [-0.2, 0) is 4.79 Å². The van der Waals surface area contributed by atoms with Crippen molar-refractivity contribution < 1.29 is 19.4 Å². The van der Waals surface area contributed by atoms with Gasteiger partial charge in [0.25, 0.3) is 5.91 Å². The summed E-state index contributed by atoms with van der Waals surface area (Å²) in [5, 5.41) is 9.98. The minimum Gasteiger partial charge on any atom is -0.497 e. The van der Waals surface area contributed by atoms with Crippen LogP contribution in [0.3, 0.4) is 0 Å². The number of fused-ring (bicyclic) bond motifs is 1. The predicted octanol–water partition coefficient (Wildman–Crippen LogP) is 1.60. The fourth-order valence-corrected chi connectivity index (χ4v) is 3.46. The fraction of sp³-hybridized carbons (Fsp3) is 0.500. The number of carbonyl (C=O) groups excluding carboxylic acids is 2. The summed E-state index contributed by atoms with van der Waals surface area (Å²) in [6, 6.07) is 6.61. The van der Waals surface area contributed by atoms with Crippen LogP contribution >= 0.6 is 0 Å². The predicted molar refractivity (Wildman–Crippen MR) is 75.9 cm³/mol. The number of amides is 2. The highest BCUT2D eigenvalue weighted by molar-refractivity contribution is 6.05. The Morgan fingerprint density at radius 3 is 2.62 bits per heavy atom. The second-order valence-electron chi connectivity index (χ2n) is 5.71. The first-order valence-corrected chi connectivity index (χ1v) is 7.30. The number of rotatable bonds is 2. The van der Waals surface area contributed by atoms with E-state index in [0.717, 1.165) is 0 Å². The number of benzene rings is 1. The standard InChI is InChI=1S/C16H19NO4/c1-21-11-4-2-10(3-5-11)16(20)17-13-7-8-14(18)12(13)6-9-15(17)19/h2-5,12-14,18H,6-9H2,1H3. The van der Waals surface area contributed by atoms with Gasteiger partial charge in [-0.3, -0.25) is 14.5 Å². The smallest absolute Gasteiger partial charge is 0.260 e. The van der Waals surface area contributed by atoms with Crippen molar-refractivity contribution in [2.75, 3.05) is 7.11 Å². The van der Waals surface area contributed by atoms with Crippen LogP contribution in [0.25, 0.3) is 0 Å². The van der Waals surface area contributed by atoms with Gasteiger partial charge in [-0.15, -0.1) is 0 Å². The number of methoxy groups -OCH3 is 1. The molecule has 2 amide bonds. The monoisotopic (exact) mass is 289 g/mol. The normalized spacial score (nSPS) is 28.4. The number of nitrogens with zero attached hydrogens (tertiary/aromatic N) is 1. The maximum absolute atomic E-state index is 12.6. The van der Waals surface area contributed by atoms with E-state index in [4.69, 9.17) is 4.74 Å². The third-order valence-electron chi connectivity index (χ3n) is 4.59. The molecule has 0 bridgehead atoms. The van der Waals surface area contributed by atoms with E-state index in [1.165, 1.54) is 4.90 Å². The minimum atomic E-state index is -0.394. The second-order valence-corrected chi connectivity index (χ2v) is 5.71. The molecule has 0 radical (unpaired) electrons. The molecule has 2 fully saturated rings. The number of carbonyl (C=O) groups is 2. The molecule has 1 aliphatic carbocycles. The number of piperidine rings is 1. The summed E-state index contributed by atoms with van der Waals surface area (Å²) in [4.78, 5) is 26.2. The molecular weight excluding hydrogens is 270 g/mol. The van der Waals surface area contributed by atoms with Gasteiger partial charge in [-0.2, -0.15) is 0 Å². The Balaban J connectivity index is 1.86. The molecule has 1 saturated heterocycles. The Bertz CT molecular complexity index is 554. The SMILES string of the molecule is COc1ccc(C(=O)N2C(=O)CCC3C(O)CCC32)cc1. The van der Waals surface area contributed by atoms with Crippen LogP contribution in [0.1, 0.15) is 36.0 Å². The summed E-state index contributed by atoms with van der Waals surface area (Å²) in [7, 11) is 1.56. The summed E-state index contributed by atoms with van der Waals surface area (Å²) in [5.74, 6) is 0.299. The van der Waals surface area contributed by atoms with Crippen molar-refractivity contribution in [3.63, 3.8) is 0 Å². The molecule has 3 rings (SSSR count). The minimum absolute atomic E-state index is 0.0323. The van der Waals surface area contributed by atoms with Crippen molar-refractivity contribution in [3.8, 4) is 5.75 Å². The Kier molecular flexibility index (Phi) is 3.68. The van der Waals surface area contributed by atoms with E-state index in [1.807, 2.05) is 0 Å². The summed E-state index contributed by atoms with van der Waals surface area (Å²) in [6.45, 7) is 0. The van der Waals surface area contributed by atoms with E-state index < -0.39 is 6.10 Å². The zero-order chi connectivity index (χ0) is 15.0. The third kappa shape index (κ3) is 2.42. The van der Waals surface area contributed by atoms with Crippen molar-refractivity contribution in [2.45, 2.75) is 37.8 Å². The first-order chi connectivity index (χ1) is 10.1. The summed E-state index contributed by atoms with van der Waals surface area (Å²) >= 11 is 0. The molecule has 1 aromatic rings. The number of hydrogen-bond acceptors (Lipinski definition) is 4. The zero-order valence-corrected chi connectivity index (χ0v) is 12.0. The molecule has 1 aromatic carbocycles. The summed E-state index contributed by atoms with van der Waals surface area (Å²) < 4.78 is 5.07. The topological polar surface area (TPSA) is 66.8 Å². The maximum Gasteiger partial charge on any atom is 0.260 e. The van der Waals surface area contributed by atoms with Crippen molar-refractivity contribution in [1.82, 2.24) is 4.90 Å². The second kappa shape index (κ2) is 5.48. The van der Waals surface area contributed by atoms with Gasteiger partial charge in [-0.05, 0) is 43.5 Å². The van der Waals surface area contributed by atoms with Gasteiger partial charge < -0.3 is 9.84 Å². The number of imide groups is 1. The van der Waals surface area contributed by atoms with Crippen molar-refractivity contribution in [2.24, 2.45) is 5.92 Å². The van der Waals surface area contributed by atoms with E-state index in [2.05, 4.69) is 0 Å². The number of aliphatic hydroxyl groups is 1. The lowest BCUT2D eigenvalue weighted by Gasteiger charge is -2.36. The van der Waals surface area contributed by atoms with Crippen LogP contribution in [0.5, 0.6) is 5.75 Å². The van der Waals surface area contributed by atoms with Crippen LogP contribution < -0.4 is 4.74 Å². The molecule has 1 N–H and O–H groups in total. The molecule has 3 atom stereocenters. The summed E-state index contributed by atoms with van der Waals surface area (Å²) in [6.07, 6.45) is 1.97. The van der Waals surface area contributed by atoms with Gasteiger partial charge in [0.05, 0.1) is 13.2 Å². The molecule has 1 heterocycles. The van der Waals surface area contributed by atoms with Gasteiger partial charge in [0.2, 0.25) is 5.91 Å². The van der Waals surface area contributed by atoms with Crippen LogP contribution in [0.4, 0.5) is 0 Å². The Labute approximate surface area is 123 Å². The van der Waals surface area contributed by atoms with Gasteiger partial charge in [0.15, 0.2) is 0 Å². The van der Waals surface area contributed by atoms with Crippen LogP contribution in [0.15, 0.2) is 24.3 Å². The molecule has 3 unspecified atom stereocenters. The molecule has 2 aliphatic rings. The number of hydrogen-bond donors (Lipinski definition) is 1. The molecule has 21 heavy (non-hydrogen) atoms. The first-order valence-electron chi connectivity index (χ1n) is 7.30. The van der Waals surface area contributed by atoms with Crippen LogP contribution in [0.2, 0.25) is 0 Å². The molecule has 5 heteroatoms. The van der Waals surface area contributed by atoms with Gasteiger partial charge in [-0.1, -0.05) is 0 Å². The Morgan fingerprint density at radius 1 is 1.24 bits per heavy atom. The van der Waals surface area contributed by atoms with Crippen molar-refractivity contribution in [1.29, 1.82) is 0 Å². The van der Waals surface area contributed by atoms with E-state index in [0.29, 0.717) is 37.0 Å². The lowest BCUT2D eigenvalue weighted by atomic mass is 9.89. The Morgan fingerprint density at radius 2 is 1.95 bits per heavy atom. The van der Waals surface area contributed by atoms with E-state index in [9.17, 15) is 14.7 Å². The average Bonchev–Trinajstić information content (AvgIpc) is 2.88. The first kappa shape index (κ1) is 14.1. The molecule has 1 aliphatic heterocycles. The molecule has 1 saturated carbocycles. The van der Waals surface area contributed by atoms with Gasteiger partial charge in [0.1, 0.15) is 5.75 Å². The lowest BCUT2D eigenvalue weighted by molar-refractivity contribution is -0.135. The molecule has 0 spiro atoms. The Hall–Kier alpha value is -1.88. The summed E-state index contributed by atoms with van der Waals surface area (Å²) in [5.41, 5.74) is 0.478. The average molecular weight is 289 g/mol.